The normalized spacial score (nSPS) is 12.6. The van der Waals surface area contributed by atoms with Crippen molar-refractivity contribution in [2.24, 2.45) is 5.11 Å². The Morgan fingerprint density at radius 1 is 1.28 bits per heavy atom. The van der Waals surface area contributed by atoms with Gasteiger partial charge in [0, 0.05) is 4.91 Å². The predicted octanol–water partition coefficient (Wildman–Crippen LogP) is 3.60. The summed E-state index contributed by atoms with van der Waals surface area (Å²) in [5.41, 5.74) is 8.37. The first-order valence-electron chi connectivity index (χ1n) is 5.88. The molecule has 1 aromatic rings. The van der Waals surface area contributed by atoms with Gasteiger partial charge in [-0.25, -0.2) is 0 Å². The van der Waals surface area contributed by atoms with Crippen LogP contribution >= 0.6 is 0 Å². The number of nitrogens with zero attached hydrogens (tertiary/aromatic N) is 3. The standard InChI is InChI=1S/C12H19N3O2Si/c1-18(2,3)17-12(9-14-15-13)10-16-11-7-5-4-6-8-11/h4-8,12H,9-10H2,1-3H3/t12-/m1/s1. The maximum Gasteiger partial charge on any atom is 0.184 e. The summed E-state index contributed by atoms with van der Waals surface area (Å²) in [5.74, 6) is 0.794. The molecule has 6 heteroatoms. The molecule has 0 saturated heterocycles. The van der Waals surface area contributed by atoms with Gasteiger partial charge in [0.25, 0.3) is 0 Å². The monoisotopic (exact) mass is 265 g/mol. The van der Waals surface area contributed by atoms with Crippen molar-refractivity contribution in [1.29, 1.82) is 0 Å². The largest absolute Gasteiger partial charge is 0.491 e. The van der Waals surface area contributed by atoms with Crippen molar-refractivity contribution in [3.63, 3.8) is 0 Å². The number of hydrogen-bond donors (Lipinski definition) is 0. The minimum Gasteiger partial charge on any atom is -0.491 e. The van der Waals surface area contributed by atoms with Crippen LogP contribution in [0.25, 0.3) is 10.4 Å². The molecular weight excluding hydrogens is 246 g/mol. The van der Waals surface area contributed by atoms with Gasteiger partial charge in [0.2, 0.25) is 0 Å². The van der Waals surface area contributed by atoms with Crippen molar-refractivity contribution >= 4 is 8.32 Å². The molecule has 0 aromatic heterocycles. The summed E-state index contributed by atoms with van der Waals surface area (Å²) in [6.07, 6.45) is -0.187. The average Bonchev–Trinajstić information content (AvgIpc) is 2.32. The summed E-state index contributed by atoms with van der Waals surface area (Å²) in [4.78, 5) is 2.77. The van der Waals surface area contributed by atoms with E-state index in [0.717, 1.165) is 5.75 Å². The third-order valence-electron chi connectivity index (χ3n) is 2.05. The third kappa shape index (κ3) is 6.29. The number of para-hydroxylation sites is 1. The average molecular weight is 265 g/mol. The van der Waals surface area contributed by atoms with E-state index < -0.39 is 8.32 Å². The molecule has 0 saturated carbocycles. The highest BCUT2D eigenvalue weighted by atomic mass is 28.4. The van der Waals surface area contributed by atoms with Crippen LogP contribution in [0, 0.1) is 0 Å². The molecule has 0 heterocycles. The SMILES string of the molecule is C[Si](C)(C)O[C@H](CN=[N+]=[N-])COc1ccccc1. The molecule has 5 nitrogen and oxygen atoms in total. The van der Waals surface area contributed by atoms with Crippen molar-refractivity contribution in [1.82, 2.24) is 0 Å². The van der Waals surface area contributed by atoms with Crippen molar-refractivity contribution in [2.75, 3.05) is 13.2 Å². The number of ether oxygens (including phenoxy) is 1. The molecule has 0 aliphatic rings. The van der Waals surface area contributed by atoms with Gasteiger partial charge in [-0.2, -0.15) is 0 Å². The lowest BCUT2D eigenvalue weighted by atomic mass is 10.3. The lowest BCUT2D eigenvalue weighted by Gasteiger charge is -2.25. The maximum atomic E-state index is 8.37. The van der Waals surface area contributed by atoms with Crippen LogP contribution < -0.4 is 4.74 Å². The predicted molar refractivity (Wildman–Crippen MR) is 74.2 cm³/mol. The number of benzene rings is 1. The Hall–Kier alpha value is -1.49. The van der Waals surface area contributed by atoms with E-state index in [1.54, 1.807) is 0 Å². The maximum absolute atomic E-state index is 8.37. The summed E-state index contributed by atoms with van der Waals surface area (Å²) in [7, 11) is -1.67. The highest BCUT2D eigenvalue weighted by Crippen LogP contribution is 2.12. The molecule has 0 bridgehead atoms. The molecular formula is C12H19N3O2Si. The van der Waals surface area contributed by atoms with Crippen LogP contribution in [0.4, 0.5) is 0 Å². The molecule has 0 aliphatic carbocycles. The molecule has 0 amide bonds. The topological polar surface area (TPSA) is 67.2 Å². The second-order valence-corrected chi connectivity index (χ2v) is 9.35. The summed E-state index contributed by atoms with van der Waals surface area (Å²) >= 11 is 0. The molecule has 0 aliphatic heterocycles. The summed E-state index contributed by atoms with van der Waals surface area (Å²) < 4.78 is 11.5. The molecule has 1 atom stereocenters. The second kappa shape index (κ2) is 7.06. The fourth-order valence-corrected chi connectivity index (χ4v) is 2.60. The van der Waals surface area contributed by atoms with Crippen LogP contribution in [0.3, 0.4) is 0 Å². The van der Waals surface area contributed by atoms with E-state index in [0.29, 0.717) is 13.2 Å². The van der Waals surface area contributed by atoms with Gasteiger partial charge in [-0.15, -0.1) is 0 Å². The van der Waals surface area contributed by atoms with Crippen LogP contribution in [-0.4, -0.2) is 27.6 Å². The minimum absolute atomic E-state index is 0.187. The first-order chi connectivity index (χ1) is 8.51. The van der Waals surface area contributed by atoms with E-state index >= 15 is 0 Å². The van der Waals surface area contributed by atoms with Gasteiger partial charge >= 0.3 is 0 Å². The number of azide groups is 1. The van der Waals surface area contributed by atoms with Crippen molar-refractivity contribution in [2.45, 2.75) is 25.7 Å². The molecule has 0 N–H and O–H groups in total. The Balaban J connectivity index is 2.53. The molecule has 0 radical (unpaired) electrons. The Labute approximate surface area is 108 Å². The molecule has 18 heavy (non-hydrogen) atoms. The van der Waals surface area contributed by atoms with Crippen LogP contribution in [0.15, 0.2) is 35.4 Å². The summed E-state index contributed by atoms with van der Waals surface area (Å²) in [6.45, 7) is 6.98. The van der Waals surface area contributed by atoms with Gasteiger partial charge in [0.1, 0.15) is 12.4 Å². The fourth-order valence-electron chi connectivity index (χ4n) is 1.46. The van der Waals surface area contributed by atoms with Crippen LogP contribution in [-0.2, 0) is 4.43 Å². The van der Waals surface area contributed by atoms with Gasteiger partial charge < -0.3 is 9.16 Å². The molecule has 1 aromatic carbocycles. The lowest BCUT2D eigenvalue weighted by Crippen LogP contribution is -2.37. The van der Waals surface area contributed by atoms with Crippen LogP contribution in [0.5, 0.6) is 5.75 Å². The van der Waals surface area contributed by atoms with E-state index in [9.17, 15) is 0 Å². The van der Waals surface area contributed by atoms with Crippen molar-refractivity contribution in [3.05, 3.63) is 40.8 Å². The molecule has 0 unspecified atom stereocenters. The van der Waals surface area contributed by atoms with Gasteiger partial charge in [-0.3, -0.25) is 0 Å². The van der Waals surface area contributed by atoms with Gasteiger partial charge in [0.15, 0.2) is 8.32 Å². The highest BCUT2D eigenvalue weighted by Gasteiger charge is 2.21. The van der Waals surface area contributed by atoms with E-state index in [2.05, 4.69) is 29.7 Å². The zero-order valence-electron chi connectivity index (χ0n) is 11.0. The summed E-state index contributed by atoms with van der Waals surface area (Å²) in [5, 5.41) is 3.57. The fraction of sp³-hybridized carbons (Fsp3) is 0.500. The first kappa shape index (κ1) is 14.6. The number of hydrogen-bond acceptors (Lipinski definition) is 3. The Kier molecular flexibility index (Phi) is 5.71. The first-order valence-corrected chi connectivity index (χ1v) is 9.28. The summed E-state index contributed by atoms with van der Waals surface area (Å²) in [6, 6.07) is 9.54. The van der Waals surface area contributed by atoms with Gasteiger partial charge in [-0.1, -0.05) is 23.3 Å². The van der Waals surface area contributed by atoms with Crippen molar-refractivity contribution < 1.29 is 9.16 Å². The van der Waals surface area contributed by atoms with Gasteiger partial charge in [-0.05, 0) is 37.3 Å². The second-order valence-electron chi connectivity index (χ2n) is 4.89. The highest BCUT2D eigenvalue weighted by molar-refractivity contribution is 6.69. The van der Waals surface area contributed by atoms with Crippen molar-refractivity contribution in [3.8, 4) is 5.75 Å². The molecule has 0 fully saturated rings. The Bertz CT molecular complexity index is 400. The molecule has 98 valence electrons. The minimum atomic E-state index is -1.67. The zero-order valence-corrected chi connectivity index (χ0v) is 12.0. The van der Waals surface area contributed by atoms with Crippen LogP contribution in [0.1, 0.15) is 0 Å². The van der Waals surface area contributed by atoms with Crippen LogP contribution in [0.2, 0.25) is 19.6 Å². The van der Waals surface area contributed by atoms with E-state index in [1.165, 1.54) is 0 Å². The Morgan fingerprint density at radius 3 is 2.50 bits per heavy atom. The van der Waals surface area contributed by atoms with Gasteiger partial charge in [0.05, 0.1) is 12.6 Å². The quantitative estimate of drug-likeness (QED) is 0.327. The van der Waals surface area contributed by atoms with E-state index in [-0.39, 0.29) is 6.10 Å². The number of rotatable bonds is 7. The van der Waals surface area contributed by atoms with E-state index in [1.807, 2.05) is 30.3 Å². The third-order valence-corrected chi connectivity index (χ3v) is 3.09. The smallest absolute Gasteiger partial charge is 0.184 e. The van der Waals surface area contributed by atoms with E-state index in [4.69, 9.17) is 14.7 Å². The Morgan fingerprint density at radius 2 is 1.94 bits per heavy atom. The molecule has 0 spiro atoms. The zero-order chi connectivity index (χ0) is 13.4. The lowest BCUT2D eigenvalue weighted by molar-refractivity contribution is 0.129. The molecule has 1 rings (SSSR count).